The number of para-hydroxylation sites is 1. The van der Waals surface area contributed by atoms with Crippen molar-refractivity contribution in [2.45, 2.75) is 31.4 Å². The molecule has 2 amide bonds. The maximum Gasteiger partial charge on any atom is 0.296 e. The first-order valence-electron chi connectivity index (χ1n) is 11.8. The molecule has 2 aromatic rings. The van der Waals surface area contributed by atoms with E-state index in [2.05, 4.69) is 0 Å². The molecule has 1 N–H and O–H groups in total. The lowest BCUT2D eigenvalue weighted by Crippen LogP contribution is -2.51. The van der Waals surface area contributed by atoms with Crippen LogP contribution in [0.2, 0.25) is 0 Å². The van der Waals surface area contributed by atoms with Crippen LogP contribution in [-0.4, -0.2) is 72.8 Å². The van der Waals surface area contributed by atoms with E-state index in [1.165, 1.54) is 9.80 Å². The molecule has 182 valence electrons. The number of ketones is 1. The van der Waals surface area contributed by atoms with Crippen LogP contribution in [0.1, 0.15) is 30.0 Å². The lowest BCUT2D eigenvalue weighted by Gasteiger charge is -2.34. The van der Waals surface area contributed by atoms with E-state index >= 15 is 0 Å². The fourth-order valence-corrected chi connectivity index (χ4v) is 5.53. The quantitative estimate of drug-likeness (QED) is 0.406. The third-order valence-corrected chi connectivity index (χ3v) is 7.10. The third-order valence-electron chi connectivity index (χ3n) is 7.10. The average Bonchev–Trinajstić information content (AvgIpc) is 3.39. The minimum atomic E-state index is -1.71. The highest BCUT2D eigenvalue weighted by atomic mass is 16.5. The molecule has 1 fully saturated rings. The lowest BCUT2D eigenvalue weighted by atomic mass is 9.81. The highest BCUT2D eigenvalue weighted by Gasteiger charge is 2.66. The molecule has 0 bridgehead atoms. The largest absolute Gasteiger partial charge is 0.507 e. The van der Waals surface area contributed by atoms with Crippen molar-refractivity contribution < 1.29 is 24.2 Å². The minimum absolute atomic E-state index is 0.0141. The first-order chi connectivity index (χ1) is 16.7. The molecule has 0 aromatic heterocycles. The van der Waals surface area contributed by atoms with Crippen molar-refractivity contribution in [3.05, 3.63) is 64.7 Å². The monoisotopic (exact) mass is 475 g/mol. The fraction of sp³-hybridized carbons (Fsp3) is 0.370. The Labute approximate surface area is 204 Å². The fourth-order valence-electron chi connectivity index (χ4n) is 5.53. The number of aliphatic hydroxyl groups excluding tert-OH is 1. The molecule has 35 heavy (non-hydrogen) atoms. The summed E-state index contributed by atoms with van der Waals surface area (Å²) in [5.41, 5.74) is 0.535. The summed E-state index contributed by atoms with van der Waals surface area (Å²) in [6.07, 6.45) is 1.25. The first kappa shape index (κ1) is 23.1. The van der Waals surface area contributed by atoms with Gasteiger partial charge in [-0.1, -0.05) is 18.2 Å². The minimum Gasteiger partial charge on any atom is -0.507 e. The number of likely N-dealkylation sites (tertiary alicyclic amines) is 1. The lowest BCUT2D eigenvalue weighted by molar-refractivity contribution is -0.143. The number of hydrogen-bond acceptors (Lipinski definition) is 6. The van der Waals surface area contributed by atoms with Crippen molar-refractivity contribution in [2.24, 2.45) is 0 Å². The predicted molar refractivity (Wildman–Crippen MR) is 131 cm³/mol. The van der Waals surface area contributed by atoms with Gasteiger partial charge in [0.1, 0.15) is 17.6 Å². The zero-order valence-electron chi connectivity index (χ0n) is 20.4. The number of fused-ring (bicyclic) bond motifs is 3. The molecule has 0 saturated carbocycles. The number of carbonyl (C=O) groups excluding carboxylic acids is 3. The Morgan fingerprint density at radius 3 is 2.66 bits per heavy atom. The van der Waals surface area contributed by atoms with E-state index in [1.807, 2.05) is 32.0 Å². The van der Waals surface area contributed by atoms with E-state index in [-0.39, 0.29) is 24.0 Å². The Morgan fingerprint density at radius 2 is 1.91 bits per heavy atom. The molecule has 8 heteroatoms. The van der Waals surface area contributed by atoms with E-state index < -0.39 is 23.1 Å². The standard InChI is InChI=1S/C27H29N3O5/c1-16-14-18-15-17(10-11-21(18)35-16)23(31)22-24(32)25(33)30(13-7-12-28(2)3)27(22)19-8-5-6-9-20(19)29(4)26(27)34/h5-6,8-11,15-16,31H,7,12-14H2,1-4H3/b23-22-. The Kier molecular flexibility index (Phi) is 5.44. The maximum atomic E-state index is 14.0. The average molecular weight is 476 g/mol. The molecule has 3 heterocycles. The molecule has 1 spiro atoms. The van der Waals surface area contributed by atoms with Crippen LogP contribution in [0.5, 0.6) is 5.75 Å². The summed E-state index contributed by atoms with van der Waals surface area (Å²) in [6, 6.07) is 12.3. The van der Waals surface area contributed by atoms with Crippen LogP contribution >= 0.6 is 0 Å². The number of anilines is 1. The number of aliphatic hydroxyl groups is 1. The number of likely N-dealkylation sites (N-methyl/N-ethyl adjacent to an activating group) is 1. The van der Waals surface area contributed by atoms with E-state index in [1.54, 1.807) is 43.4 Å². The number of nitrogens with zero attached hydrogens (tertiary/aromatic N) is 3. The topological polar surface area (TPSA) is 90.4 Å². The summed E-state index contributed by atoms with van der Waals surface area (Å²) in [6.45, 7) is 2.83. The van der Waals surface area contributed by atoms with Crippen LogP contribution in [0.25, 0.3) is 5.76 Å². The number of amides is 2. The van der Waals surface area contributed by atoms with Crippen LogP contribution in [0.3, 0.4) is 0 Å². The molecule has 1 saturated heterocycles. The maximum absolute atomic E-state index is 14.0. The van der Waals surface area contributed by atoms with E-state index in [4.69, 9.17) is 4.74 Å². The van der Waals surface area contributed by atoms with Crippen LogP contribution in [0.4, 0.5) is 5.69 Å². The summed E-state index contributed by atoms with van der Waals surface area (Å²) >= 11 is 0. The summed E-state index contributed by atoms with van der Waals surface area (Å²) in [4.78, 5) is 45.7. The smallest absolute Gasteiger partial charge is 0.296 e. The first-order valence-corrected chi connectivity index (χ1v) is 11.8. The van der Waals surface area contributed by atoms with Crippen LogP contribution in [-0.2, 0) is 26.3 Å². The zero-order valence-corrected chi connectivity index (χ0v) is 20.4. The number of Topliss-reactive ketones (excluding diaryl/α,β-unsaturated/α-hetero) is 1. The summed E-state index contributed by atoms with van der Waals surface area (Å²) < 4.78 is 5.76. The van der Waals surface area contributed by atoms with Crippen molar-refractivity contribution in [3.63, 3.8) is 0 Å². The molecule has 8 nitrogen and oxygen atoms in total. The van der Waals surface area contributed by atoms with Crippen molar-refractivity contribution in [3.8, 4) is 5.75 Å². The van der Waals surface area contributed by atoms with Gasteiger partial charge in [-0.05, 0) is 63.8 Å². The van der Waals surface area contributed by atoms with Gasteiger partial charge in [0.2, 0.25) is 0 Å². The molecule has 2 atom stereocenters. The van der Waals surface area contributed by atoms with Gasteiger partial charge < -0.3 is 24.5 Å². The van der Waals surface area contributed by atoms with Gasteiger partial charge in [-0.15, -0.1) is 0 Å². The Morgan fingerprint density at radius 1 is 1.17 bits per heavy atom. The molecule has 0 radical (unpaired) electrons. The van der Waals surface area contributed by atoms with E-state index in [0.717, 1.165) is 11.3 Å². The number of carbonyl (C=O) groups is 3. The van der Waals surface area contributed by atoms with Gasteiger partial charge in [0.15, 0.2) is 5.54 Å². The number of rotatable bonds is 5. The molecule has 5 rings (SSSR count). The number of hydrogen-bond donors (Lipinski definition) is 1. The van der Waals surface area contributed by atoms with Crippen molar-refractivity contribution in [1.29, 1.82) is 0 Å². The second-order valence-electron chi connectivity index (χ2n) is 9.71. The Balaban J connectivity index is 1.73. The Hall–Kier alpha value is -3.65. The highest BCUT2D eigenvalue weighted by molar-refractivity contribution is 6.50. The van der Waals surface area contributed by atoms with Gasteiger partial charge in [-0.3, -0.25) is 14.4 Å². The normalized spacial score (nSPS) is 24.5. The van der Waals surface area contributed by atoms with Gasteiger partial charge >= 0.3 is 0 Å². The van der Waals surface area contributed by atoms with Crippen LogP contribution < -0.4 is 9.64 Å². The molecule has 2 aromatic carbocycles. The number of ether oxygens (including phenoxy) is 1. The summed E-state index contributed by atoms with van der Waals surface area (Å²) in [5.74, 6) is -1.67. The van der Waals surface area contributed by atoms with Crippen molar-refractivity contribution >= 4 is 29.0 Å². The van der Waals surface area contributed by atoms with E-state index in [0.29, 0.717) is 36.2 Å². The van der Waals surface area contributed by atoms with E-state index in [9.17, 15) is 19.5 Å². The van der Waals surface area contributed by atoms with Crippen LogP contribution in [0.15, 0.2) is 48.0 Å². The molecular weight excluding hydrogens is 446 g/mol. The number of benzene rings is 2. The highest BCUT2D eigenvalue weighted by Crippen LogP contribution is 2.53. The molecular formula is C27H29N3O5. The molecule has 0 aliphatic carbocycles. The second kappa shape index (κ2) is 8.23. The molecule has 3 aliphatic heterocycles. The summed E-state index contributed by atoms with van der Waals surface area (Å²) in [5, 5.41) is 11.6. The molecule has 3 aliphatic rings. The summed E-state index contributed by atoms with van der Waals surface area (Å²) in [7, 11) is 5.47. The zero-order chi connectivity index (χ0) is 25.1. The molecule has 2 unspecified atom stereocenters. The second-order valence-corrected chi connectivity index (χ2v) is 9.71. The predicted octanol–water partition coefficient (Wildman–Crippen LogP) is 2.51. The van der Waals surface area contributed by atoms with Gasteiger partial charge in [-0.25, -0.2) is 0 Å². The van der Waals surface area contributed by atoms with Gasteiger partial charge in [-0.2, -0.15) is 0 Å². The third kappa shape index (κ3) is 3.27. The van der Waals surface area contributed by atoms with Crippen LogP contribution in [0, 0.1) is 0 Å². The van der Waals surface area contributed by atoms with Crippen molar-refractivity contribution in [1.82, 2.24) is 9.80 Å². The van der Waals surface area contributed by atoms with Gasteiger partial charge in [0.25, 0.3) is 17.6 Å². The Bertz CT molecular complexity index is 1280. The van der Waals surface area contributed by atoms with Gasteiger partial charge in [0, 0.05) is 36.8 Å². The SMILES string of the molecule is CC1Cc2cc(/C(O)=C3\C(=O)C(=O)N(CCCN(C)C)C34C(=O)N(C)c3ccccc34)ccc2O1. The van der Waals surface area contributed by atoms with Crippen molar-refractivity contribution in [2.75, 3.05) is 39.1 Å². The van der Waals surface area contributed by atoms with Gasteiger partial charge in [0.05, 0.1) is 5.57 Å².